The van der Waals surface area contributed by atoms with Crippen LogP contribution in [0.4, 0.5) is 0 Å². The lowest BCUT2D eigenvalue weighted by molar-refractivity contribution is 0.196. The van der Waals surface area contributed by atoms with Crippen molar-refractivity contribution < 1.29 is 0 Å². The molecule has 0 bridgehead atoms. The summed E-state index contributed by atoms with van der Waals surface area (Å²) in [6.45, 7) is 9.43. The largest absolute Gasteiger partial charge is 0.139 e. The van der Waals surface area contributed by atoms with Gasteiger partial charge in [0, 0.05) is 24.9 Å². The molecule has 0 N–H and O–H groups in total. The summed E-state index contributed by atoms with van der Waals surface area (Å²) < 4.78 is 0. The van der Waals surface area contributed by atoms with Gasteiger partial charge in [0.25, 0.3) is 0 Å². The zero-order valence-electron chi connectivity index (χ0n) is 17.7. The number of thiophene rings is 2. The Hall–Kier alpha value is -0.600. The van der Waals surface area contributed by atoms with E-state index in [4.69, 9.17) is 0 Å². The maximum absolute atomic E-state index is 2.59. The Bertz CT molecular complexity index is 726. The van der Waals surface area contributed by atoms with Crippen LogP contribution in [0.2, 0.25) is 0 Å². The van der Waals surface area contributed by atoms with E-state index in [1.54, 1.807) is 20.9 Å². The van der Waals surface area contributed by atoms with Gasteiger partial charge in [-0.25, -0.2) is 0 Å². The summed E-state index contributed by atoms with van der Waals surface area (Å²) in [5.41, 5.74) is 3.77. The second-order valence-electron chi connectivity index (χ2n) is 9.13. The molecule has 2 aliphatic carbocycles. The summed E-state index contributed by atoms with van der Waals surface area (Å²) in [6, 6.07) is 5.17. The lowest BCUT2D eigenvalue weighted by Gasteiger charge is -2.43. The van der Waals surface area contributed by atoms with Crippen molar-refractivity contribution in [3.05, 3.63) is 33.0 Å². The molecule has 0 amide bonds. The van der Waals surface area contributed by atoms with Gasteiger partial charge in [-0.3, -0.25) is 0 Å². The third kappa shape index (κ3) is 3.35. The summed E-state index contributed by atoms with van der Waals surface area (Å²) in [6.07, 6.45) is 14.1. The molecule has 2 aromatic heterocycles. The van der Waals surface area contributed by atoms with Crippen molar-refractivity contribution in [1.82, 2.24) is 0 Å². The molecule has 1 unspecified atom stereocenters. The van der Waals surface area contributed by atoms with E-state index in [1.165, 1.54) is 74.0 Å². The number of aryl methyl sites for hydroxylation is 2. The highest BCUT2D eigenvalue weighted by Crippen LogP contribution is 2.62. The smallest absolute Gasteiger partial charge is 0.0489 e. The molecule has 2 aromatic rings. The van der Waals surface area contributed by atoms with E-state index >= 15 is 0 Å². The standard InChI is InChI=1S/C25H36S2/c1-5-7-11-19(6-2)16-25(20-12-9-8-10-13-20)21-14-17(3)26-23(21)24-22(25)15-18(4)27-24/h14-15,19-20H,5-13,16H2,1-4H3. The number of unbranched alkanes of at least 4 members (excludes halogenated alkanes) is 1. The average molecular weight is 401 g/mol. The Balaban J connectivity index is 1.84. The number of hydrogen-bond acceptors (Lipinski definition) is 2. The molecule has 27 heavy (non-hydrogen) atoms. The molecule has 0 saturated heterocycles. The fraction of sp³-hybridized carbons (Fsp3) is 0.680. The highest BCUT2D eigenvalue weighted by molar-refractivity contribution is 7.22. The second kappa shape index (κ2) is 8.03. The molecule has 0 radical (unpaired) electrons. The lowest BCUT2D eigenvalue weighted by atomic mass is 9.60. The average Bonchev–Trinajstić information content (AvgIpc) is 3.31. The van der Waals surface area contributed by atoms with Crippen molar-refractivity contribution in [2.45, 2.75) is 97.3 Å². The van der Waals surface area contributed by atoms with E-state index in [1.807, 2.05) is 0 Å². The molecule has 0 aromatic carbocycles. The van der Waals surface area contributed by atoms with E-state index < -0.39 is 0 Å². The normalized spacial score (nSPS) is 19.9. The molecule has 2 aliphatic rings. The Morgan fingerprint density at radius 2 is 1.56 bits per heavy atom. The lowest BCUT2D eigenvalue weighted by Crippen LogP contribution is -2.38. The van der Waals surface area contributed by atoms with Crippen LogP contribution >= 0.6 is 22.7 Å². The van der Waals surface area contributed by atoms with Gasteiger partial charge in [0.2, 0.25) is 0 Å². The highest BCUT2D eigenvalue weighted by atomic mass is 32.1. The quantitative estimate of drug-likeness (QED) is 0.435. The topological polar surface area (TPSA) is 0 Å². The molecule has 1 fully saturated rings. The molecule has 1 atom stereocenters. The van der Waals surface area contributed by atoms with E-state index in [0.717, 1.165) is 11.8 Å². The van der Waals surface area contributed by atoms with E-state index in [0.29, 0.717) is 5.41 Å². The molecular weight excluding hydrogens is 364 g/mol. The van der Waals surface area contributed by atoms with Gasteiger partial charge < -0.3 is 0 Å². The first kappa shape index (κ1) is 19.7. The fourth-order valence-corrected chi connectivity index (χ4v) is 8.35. The minimum Gasteiger partial charge on any atom is -0.139 e. The van der Waals surface area contributed by atoms with E-state index in [-0.39, 0.29) is 0 Å². The number of hydrogen-bond donors (Lipinski definition) is 0. The molecular formula is C25H36S2. The van der Waals surface area contributed by atoms with Crippen LogP contribution in [0.15, 0.2) is 12.1 Å². The van der Waals surface area contributed by atoms with Crippen LogP contribution in [0, 0.1) is 25.7 Å². The number of fused-ring (bicyclic) bond motifs is 3. The Kier molecular flexibility index (Phi) is 5.86. The first-order valence-corrected chi connectivity index (χ1v) is 13.0. The summed E-state index contributed by atoms with van der Waals surface area (Å²) >= 11 is 4.12. The van der Waals surface area contributed by atoms with Gasteiger partial charge in [-0.2, -0.15) is 0 Å². The molecule has 4 rings (SSSR count). The van der Waals surface area contributed by atoms with Crippen molar-refractivity contribution in [2.75, 3.05) is 0 Å². The first-order valence-electron chi connectivity index (χ1n) is 11.3. The van der Waals surface area contributed by atoms with Crippen LogP contribution in [0.3, 0.4) is 0 Å². The van der Waals surface area contributed by atoms with Crippen LogP contribution in [-0.2, 0) is 5.41 Å². The van der Waals surface area contributed by atoms with Crippen LogP contribution in [-0.4, -0.2) is 0 Å². The zero-order valence-corrected chi connectivity index (χ0v) is 19.3. The maximum Gasteiger partial charge on any atom is 0.0489 e. The minimum atomic E-state index is 0.315. The van der Waals surface area contributed by atoms with E-state index in [2.05, 4.69) is 62.5 Å². The predicted octanol–water partition coefficient (Wildman–Crippen LogP) is 8.88. The van der Waals surface area contributed by atoms with Crippen molar-refractivity contribution in [1.29, 1.82) is 0 Å². The molecule has 0 nitrogen and oxygen atoms in total. The molecule has 2 heteroatoms. The van der Waals surface area contributed by atoms with Crippen LogP contribution in [0.5, 0.6) is 0 Å². The monoisotopic (exact) mass is 400 g/mol. The zero-order chi connectivity index (χ0) is 19.0. The predicted molar refractivity (Wildman–Crippen MR) is 122 cm³/mol. The van der Waals surface area contributed by atoms with Gasteiger partial charge in [-0.15, -0.1) is 22.7 Å². The summed E-state index contributed by atoms with van der Waals surface area (Å²) in [7, 11) is 0. The van der Waals surface area contributed by atoms with Crippen molar-refractivity contribution in [2.24, 2.45) is 11.8 Å². The first-order chi connectivity index (χ1) is 13.1. The molecule has 1 saturated carbocycles. The van der Waals surface area contributed by atoms with Crippen molar-refractivity contribution in [3.8, 4) is 9.75 Å². The van der Waals surface area contributed by atoms with Crippen LogP contribution in [0.25, 0.3) is 9.75 Å². The Morgan fingerprint density at radius 1 is 0.963 bits per heavy atom. The second-order valence-corrected chi connectivity index (χ2v) is 11.6. The molecule has 2 heterocycles. The van der Waals surface area contributed by atoms with Gasteiger partial charge in [0.15, 0.2) is 0 Å². The number of rotatable bonds is 7. The maximum atomic E-state index is 2.59. The van der Waals surface area contributed by atoms with Crippen LogP contribution in [0.1, 0.15) is 98.9 Å². The Morgan fingerprint density at radius 3 is 2.07 bits per heavy atom. The van der Waals surface area contributed by atoms with Crippen LogP contribution < -0.4 is 0 Å². The summed E-state index contributed by atoms with van der Waals surface area (Å²) in [5, 5.41) is 0. The van der Waals surface area contributed by atoms with Crippen molar-refractivity contribution >= 4 is 22.7 Å². The SMILES string of the molecule is CCCCC(CC)CC1(C2CCCCC2)c2cc(C)sc2-c2sc(C)cc21. The third-order valence-electron chi connectivity index (χ3n) is 7.33. The van der Waals surface area contributed by atoms with Gasteiger partial charge >= 0.3 is 0 Å². The molecule has 0 aliphatic heterocycles. The van der Waals surface area contributed by atoms with Gasteiger partial charge in [0.1, 0.15) is 0 Å². The van der Waals surface area contributed by atoms with Gasteiger partial charge in [-0.05, 0) is 68.2 Å². The van der Waals surface area contributed by atoms with E-state index in [9.17, 15) is 0 Å². The fourth-order valence-electron chi connectivity index (χ4n) is 5.99. The summed E-state index contributed by atoms with van der Waals surface area (Å²) in [4.78, 5) is 6.30. The molecule has 148 valence electrons. The van der Waals surface area contributed by atoms with Gasteiger partial charge in [-0.1, -0.05) is 58.8 Å². The Labute approximate surface area is 174 Å². The summed E-state index contributed by atoms with van der Waals surface area (Å²) in [5.74, 6) is 1.72. The molecule has 0 spiro atoms. The van der Waals surface area contributed by atoms with Gasteiger partial charge in [0.05, 0.1) is 0 Å². The third-order valence-corrected chi connectivity index (χ3v) is 9.60. The highest BCUT2D eigenvalue weighted by Gasteiger charge is 2.51. The minimum absolute atomic E-state index is 0.315. The van der Waals surface area contributed by atoms with Crippen molar-refractivity contribution in [3.63, 3.8) is 0 Å².